The first-order valence-electron chi connectivity index (χ1n) is 18.0. The summed E-state index contributed by atoms with van der Waals surface area (Å²) in [7, 11) is 0. The average molecular weight is 557 g/mol. The van der Waals surface area contributed by atoms with Crippen LogP contribution in [0.4, 0.5) is 0 Å². The van der Waals surface area contributed by atoms with Crippen LogP contribution in [0.25, 0.3) is 0 Å². The smallest absolute Gasteiger partial charge is 0.306 e. The van der Waals surface area contributed by atoms with Crippen LogP contribution in [-0.2, 0) is 14.3 Å². The van der Waals surface area contributed by atoms with E-state index in [0.717, 1.165) is 61.2 Å². The van der Waals surface area contributed by atoms with Gasteiger partial charge in [0.05, 0.1) is 6.10 Å². The number of hydrogen-bond acceptors (Lipinski definition) is 3. The zero-order valence-corrected chi connectivity index (χ0v) is 27.3. The second-order valence-electron chi connectivity index (χ2n) is 16.3. The van der Waals surface area contributed by atoms with Crippen LogP contribution in [0.15, 0.2) is 0 Å². The molecule has 5 fully saturated rings. The predicted octanol–water partition coefficient (Wildman–Crippen LogP) is 10.3. The number of carbonyl (C=O) groups is 1. The molecule has 4 aliphatic carbocycles. The van der Waals surface area contributed by atoms with Crippen molar-refractivity contribution in [1.29, 1.82) is 0 Å². The van der Waals surface area contributed by atoms with Crippen LogP contribution in [0.3, 0.4) is 0 Å². The Morgan fingerprint density at radius 3 is 2.38 bits per heavy atom. The van der Waals surface area contributed by atoms with Gasteiger partial charge in [0, 0.05) is 18.3 Å². The molecule has 1 aliphatic heterocycles. The number of hydrogen-bond donors (Lipinski definition) is 0. The summed E-state index contributed by atoms with van der Waals surface area (Å²) in [4.78, 5) is 12.7. The maximum Gasteiger partial charge on any atom is 0.306 e. The monoisotopic (exact) mass is 556 g/mol. The molecule has 0 amide bonds. The van der Waals surface area contributed by atoms with Crippen LogP contribution in [-0.4, -0.2) is 23.8 Å². The highest BCUT2D eigenvalue weighted by Gasteiger charge is 2.76. The minimum Gasteiger partial charge on any atom is -0.462 e. The van der Waals surface area contributed by atoms with Gasteiger partial charge in [0.15, 0.2) is 0 Å². The maximum atomic E-state index is 12.7. The summed E-state index contributed by atoms with van der Waals surface area (Å²) >= 11 is 0. The van der Waals surface area contributed by atoms with Crippen molar-refractivity contribution in [2.45, 2.75) is 181 Å². The molecule has 0 N–H and O–H groups in total. The number of esters is 1. The van der Waals surface area contributed by atoms with Crippen molar-refractivity contribution in [3.63, 3.8) is 0 Å². The molecule has 0 aromatic rings. The first-order chi connectivity index (χ1) is 19.1. The molecule has 0 aromatic carbocycles. The third-order valence-electron chi connectivity index (χ3n) is 13.5. The van der Waals surface area contributed by atoms with Gasteiger partial charge in [0.1, 0.15) is 11.7 Å². The Morgan fingerprint density at radius 1 is 0.875 bits per heavy atom. The summed E-state index contributed by atoms with van der Waals surface area (Å²) in [5.74, 6) is 5.18. The summed E-state index contributed by atoms with van der Waals surface area (Å²) in [5, 5.41) is 0. The first kappa shape index (κ1) is 30.9. The van der Waals surface area contributed by atoms with E-state index in [0.29, 0.717) is 17.9 Å². The molecule has 1 heterocycles. The second kappa shape index (κ2) is 12.6. The fourth-order valence-corrected chi connectivity index (χ4v) is 11.2. The molecule has 5 aliphatic rings. The minimum absolute atomic E-state index is 0.00742. The summed E-state index contributed by atoms with van der Waals surface area (Å²) < 4.78 is 12.9. The Bertz CT molecular complexity index is 852. The van der Waals surface area contributed by atoms with Crippen molar-refractivity contribution >= 4 is 5.97 Å². The van der Waals surface area contributed by atoms with Gasteiger partial charge >= 0.3 is 5.97 Å². The van der Waals surface area contributed by atoms with Crippen molar-refractivity contribution in [2.75, 3.05) is 0 Å². The van der Waals surface area contributed by atoms with E-state index in [1.807, 2.05) is 0 Å². The van der Waals surface area contributed by atoms with Gasteiger partial charge in [0.25, 0.3) is 0 Å². The van der Waals surface area contributed by atoms with E-state index < -0.39 is 0 Å². The lowest BCUT2D eigenvalue weighted by Gasteiger charge is -2.59. The highest BCUT2D eigenvalue weighted by Crippen LogP contribution is 2.74. The van der Waals surface area contributed by atoms with Crippen molar-refractivity contribution in [3.05, 3.63) is 0 Å². The van der Waals surface area contributed by atoms with E-state index >= 15 is 0 Å². The van der Waals surface area contributed by atoms with Crippen LogP contribution in [0, 0.1) is 46.3 Å². The van der Waals surface area contributed by atoms with Crippen molar-refractivity contribution in [1.82, 2.24) is 0 Å². The van der Waals surface area contributed by atoms with Crippen LogP contribution in [0.5, 0.6) is 0 Å². The summed E-state index contributed by atoms with van der Waals surface area (Å²) in [6, 6.07) is 0. The van der Waals surface area contributed by atoms with E-state index in [-0.39, 0.29) is 23.1 Å². The number of ether oxygens (including phenoxy) is 2. The first-order valence-corrected chi connectivity index (χ1v) is 18.0. The molecule has 0 aromatic heterocycles. The van der Waals surface area contributed by atoms with Gasteiger partial charge in [-0.3, -0.25) is 4.79 Å². The molecule has 5 rings (SSSR count). The van der Waals surface area contributed by atoms with Crippen LogP contribution < -0.4 is 0 Å². The molecule has 1 saturated heterocycles. The fraction of sp³-hybridized carbons (Fsp3) is 0.973. The fourth-order valence-electron chi connectivity index (χ4n) is 11.2. The molecule has 230 valence electrons. The summed E-state index contributed by atoms with van der Waals surface area (Å²) in [6.45, 7) is 14.9. The molecule has 4 saturated carbocycles. The zero-order valence-electron chi connectivity index (χ0n) is 27.3. The van der Waals surface area contributed by atoms with Crippen LogP contribution in [0.1, 0.15) is 164 Å². The number of rotatable bonds is 14. The Kier molecular flexibility index (Phi) is 9.71. The Morgan fingerprint density at radius 2 is 1.62 bits per heavy atom. The minimum atomic E-state index is -0.00742. The highest BCUT2D eigenvalue weighted by atomic mass is 16.6. The van der Waals surface area contributed by atoms with Crippen LogP contribution in [0.2, 0.25) is 0 Å². The van der Waals surface area contributed by atoms with Crippen LogP contribution >= 0.6 is 0 Å². The molecule has 40 heavy (non-hydrogen) atoms. The Hall–Kier alpha value is -0.570. The van der Waals surface area contributed by atoms with Crippen molar-refractivity contribution < 1.29 is 14.3 Å². The molecular weight excluding hydrogens is 492 g/mol. The molecule has 10 atom stereocenters. The zero-order chi connectivity index (χ0) is 28.5. The third-order valence-corrected chi connectivity index (χ3v) is 13.5. The van der Waals surface area contributed by atoms with Gasteiger partial charge in [-0.2, -0.15) is 0 Å². The van der Waals surface area contributed by atoms with Gasteiger partial charge in [-0.05, 0) is 92.3 Å². The van der Waals surface area contributed by atoms with Crippen molar-refractivity contribution in [3.8, 4) is 0 Å². The quantitative estimate of drug-likeness (QED) is 0.121. The molecule has 0 radical (unpaired) electrons. The lowest BCUT2D eigenvalue weighted by atomic mass is 9.44. The van der Waals surface area contributed by atoms with E-state index in [4.69, 9.17) is 9.47 Å². The lowest BCUT2D eigenvalue weighted by molar-refractivity contribution is -0.160. The Labute approximate surface area is 247 Å². The number of epoxide rings is 1. The number of fused-ring (bicyclic) bond motifs is 4. The van der Waals surface area contributed by atoms with Gasteiger partial charge in [-0.15, -0.1) is 0 Å². The highest BCUT2D eigenvalue weighted by molar-refractivity contribution is 5.69. The summed E-state index contributed by atoms with van der Waals surface area (Å²) in [6.07, 6.45) is 24.1. The second-order valence-corrected chi connectivity index (χ2v) is 16.3. The van der Waals surface area contributed by atoms with Gasteiger partial charge in [-0.25, -0.2) is 0 Å². The van der Waals surface area contributed by atoms with E-state index in [1.54, 1.807) is 0 Å². The van der Waals surface area contributed by atoms with E-state index in [1.165, 1.54) is 89.9 Å². The summed E-state index contributed by atoms with van der Waals surface area (Å²) in [5.41, 5.74) is 0.795. The van der Waals surface area contributed by atoms with Gasteiger partial charge in [0.2, 0.25) is 0 Å². The maximum absolute atomic E-state index is 12.7. The number of unbranched alkanes of at least 4 members (excludes halogenated alkanes) is 6. The molecular formula is C37H64O3. The SMILES string of the molecule is CCCCCCCCCC(=O)O[C@H]1CC[C@]2(C)[C@H]3CC[C@]4(C)[C@@H]([C@H](C)CCCC(C)C)CC[C@H]4[C@@H]3C[C@H]3O[C@]32C1. The molecule has 1 spiro atoms. The van der Waals surface area contributed by atoms with Crippen molar-refractivity contribution in [2.24, 2.45) is 46.3 Å². The average Bonchev–Trinajstić information content (AvgIpc) is 3.49. The number of carbonyl (C=O) groups excluding carboxylic acids is 1. The predicted molar refractivity (Wildman–Crippen MR) is 165 cm³/mol. The molecule has 3 nitrogen and oxygen atoms in total. The van der Waals surface area contributed by atoms with Gasteiger partial charge < -0.3 is 9.47 Å². The molecule has 3 heteroatoms. The topological polar surface area (TPSA) is 38.8 Å². The lowest BCUT2D eigenvalue weighted by Crippen LogP contribution is -2.59. The van der Waals surface area contributed by atoms with E-state index in [9.17, 15) is 4.79 Å². The standard InChI is InChI=1S/C37H64O3/c1-7-8-9-10-11-12-13-17-34(38)39-28-20-23-36(6)32-21-22-35(5)30(27(4)16-14-15-26(2)3)18-19-31(35)29(32)24-33-37(36,25-28)40-33/h26-33H,7-25H2,1-6H3/t27-,28+,29+,30-,31+,32+,33-,35-,36-,37-/m1/s1. The molecule has 0 bridgehead atoms. The third kappa shape index (κ3) is 5.81. The Balaban J connectivity index is 1.14. The largest absolute Gasteiger partial charge is 0.462 e. The normalized spacial score (nSPS) is 42.5. The van der Waals surface area contributed by atoms with Gasteiger partial charge in [-0.1, -0.05) is 99.3 Å². The molecule has 0 unspecified atom stereocenters. The van der Waals surface area contributed by atoms with E-state index in [2.05, 4.69) is 41.5 Å².